The molecule has 3 fully saturated rings. The topological polar surface area (TPSA) is 164 Å². The molecule has 3 aliphatic heterocycles. The number of aliphatic hydroxyl groups is 1. The Labute approximate surface area is 381 Å². The fourth-order valence-corrected chi connectivity index (χ4v) is 10.4. The molecule has 2 saturated heterocycles. The average molecular weight is 897 g/mol. The summed E-state index contributed by atoms with van der Waals surface area (Å²) in [5.41, 5.74) is 9.09. The van der Waals surface area contributed by atoms with Crippen molar-refractivity contribution in [2.24, 2.45) is 35.3 Å². The number of ether oxygens (including phenoxy) is 5. The number of esters is 1. The number of carbonyl (C=O) groups is 4. The van der Waals surface area contributed by atoms with Gasteiger partial charge in [-0.1, -0.05) is 70.2 Å². The number of piperidine rings is 1. The number of Topliss-reactive ketones (excluding diaryl/α,β-unsaturated/α-hetero) is 2. The first-order valence-corrected chi connectivity index (χ1v) is 24.0. The third-order valence-corrected chi connectivity index (χ3v) is 14.5. The molecule has 4 aliphatic rings. The van der Waals surface area contributed by atoms with Gasteiger partial charge in [-0.3, -0.25) is 14.4 Å². The highest BCUT2D eigenvalue weighted by Gasteiger charge is 2.56. The molecule has 3 heterocycles. The van der Waals surface area contributed by atoms with E-state index in [1.54, 1.807) is 26.8 Å². The van der Waals surface area contributed by atoms with E-state index in [4.69, 9.17) is 29.4 Å². The lowest BCUT2D eigenvalue weighted by molar-refractivity contribution is -0.302. The third kappa shape index (κ3) is 12.8. The maximum absolute atomic E-state index is 16.3. The van der Waals surface area contributed by atoms with Crippen molar-refractivity contribution in [2.75, 3.05) is 27.4 Å². The van der Waals surface area contributed by atoms with Crippen LogP contribution in [0.15, 0.2) is 53.6 Å². The molecule has 5 rings (SSSR count). The van der Waals surface area contributed by atoms with Gasteiger partial charge in [-0.05, 0) is 125 Å². The molecule has 358 valence electrons. The van der Waals surface area contributed by atoms with E-state index >= 15 is 4.39 Å². The van der Waals surface area contributed by atoms with Gasteiger partial charge >= 0.3 is 5.97 Å². The zero-order chi connectivity index (χ0) is 46.7. The van der Waals surface area contributed by atoms with E-state index in [1.807, 2.05) is 39.0 Å². The summed E-state index contributed by atoms with van der Waals surface area (Å²) < 4.78 is 46.9. The van der Waals surface area contributed by atoms with Crippen LogP contribution in [0.2, 0.25) is 0 Å². The minimum absolute atomic E-state index is 0.0241. The molecule has 64 heavy (non-hydrogen) atoms. The van der Waals surface area contributed by atoms with Gasteiger partial charge in [-0.15, -0.1) is 0 Å². The summed E-state index contributed by atoms with van der Waals surface area (Å²) in [5.74, 6) is -7.66. The minimum atomic E-state index is -2.57. The summed E-state index contributed by atoms with van der Waals surface area (Å²) in [7, 11) is 2.93. The van der Waals surface area contributed by atoms with Gasteiger partial charge < -0.3 is 39.4 Å². The number of benzene rings is 1. The average Bonchev–Trinajstić information content (AvgIpc) is 3.30. The van der Waals surface area contributed by atoms with Crippen LogP contribution in [0, 0.1) is 29.6 Å². The summed E-state index contributed by atoms with van der Waals surface area (Å²) in [6, 6.07) is 9.13. The van der Waals surface area contributed by atoms with Crippen molar-refractivity contribution < 1.29 is 52.4 Å². The number of halogens is 1. The lowest BCUT2D eigenvalue weighted by Crippen LogP contribution is -2.64. The van der Waals surface area contributed by atoms with Crippen molar-refractivity contribution in [2.45, 2.75) is 180 Å². The van der Waals surface area contributed by atoms with Crippen molar-refractivity contribution in [1.29, 1.82) is 0 Å². The molecule has 13 heteroatoms. The van der Waals surface area contributed by atoms with E-state index in [0.29, 0.717) is 44.3 Å². The van der Waals surface area contributed by atoms with Gasteiger partial charge in [0.25, 0.3) is 11.7 Å². The normalized spacial score (nSPS) is 37.8. The summed E-state index contributed by atoms with van der Waals surface area (Å²) in [6.07, 6.45) is 5.98. The van der Waals surface area contributed by atoms with E-state index in [-0.39, 0.29) is 62.0 Å². The second-order valence-corrected chi connectivity index (χ2v) is 19.3. The number of rotatable bonds is 10. The molecule has 1 aromatic carbocycles. The first kappa shape index (κ1) is 51.7. The summed E-state index contributed by atoms with van der Waals surface area (Å²) in [6.45, 7) is 11.5. The quantitative estimate of drug-likeness (QED) is 0.104. The van der Waals surface area contributed by atoms with E-state index in [0.717, 1.165) is 31.3 Å². The number of nitrogens with two attached hydrogens (primary N) is 1. The van der Waals surface area contributed by atoms with Gasteiger partial charge in [0.15, 0.2) is 0 Å². The van der Waals surface area contributed by atoms with Crippen LogP contribution in [0.1, 0.15) is 124 Å². The van der Waals surface area contributed by atoms with Crippen LogP contribution in [0.5, 0.6) is 0 Å². The first-order chi connectivity index (χ1) is 30.5. The predicted octanol–water partition coefficient (Wildman–Crippen LogP) is 7.42. The fourth-order valence-electron chi connectivity index (χ4n) is 10.4. The monoisotopic (exact) mass is 897 g/mol. The first-order valence-electron chi connectivity index (χ1n) is 24.0. The van der Waals surface area contributed by atoms with Crippen LogP contribution < -0.4 is 5.73 Å². The third-order valence-electron chi connectivity index (χ3n) is 14.5. The van der Waals surface area contributed by atoms with E-state index in [2.05, 4.69) is 18.2 Å². The summed E-state index contributed by atoms with van der Waals surface area (Å²) >= 11 is 0. The lowest BCUT2D eigenvalue weighted by atomic mass is 9.81. The Hall–Kier alpha value is -3.33. The van der Waals surface area contributed by atoms with Crippen LogP contribution in [-0.2, 0) is 49.3 Å². The van der Waals surface area contributed by atoms with Crippen molar-refractivity contribution >= 4 is 23.4 Å². The van der Waals surface area contributed by atoms with Crippen molar-refractivity contribution in [3.05, 3.63) is 59.2 Å². The van der Waals surface area contributed by atoms with Crippen molar-refractivity contribution in [1.82, 2.24) is 4.90 Å². The molecular weight excluding hydrogens is 820 g/mol. The van der Waals surface area contributed by atoms with E-state index in [1.165, 1.54) is 24.7 Å². The number of ketones is 2. The van der Waals surface area contributed by atoms with Gasteiger partial charge in [-0.25, -0.2) is 9.18 Å². The SMILES string of the molecule is CCC1/C=C(\C)C(F)C(C)CC(OC)C2OC(O)(C(=O)C(=O)N3CCCCC3C(=O)OC(C(C)=CC3CCC(N)C(OCCCc4ccccc4)C3)C(C)CCC1=O)C(C)CC2OC. The number of fused-ring (bicyclic) bond motifs is 3. The van der Waals surface area contributed by atoms with Gasteiger partial charge in [-0.2, -0.15) is 0 Å². The minimum Gasteiger partial charge on any atom is -0.456 e. The number of nitrogens with zero attached hydrogens (tertiary/aromatic N) is 1. The molecule has 3 N–H and O–H groups in total. The Morgan fingerprint density at radius 3 is 2.34 bits per heavy atom. The number of hydrogen-bond donors (Lipinski definition) is 2. The number of cyclic esters (lactones) is 1. The number of methoxy groups -OCH3 is 2. The number of aryl methyl sites for hydroxylation is 1. The lowest BCUT2D eigenvalue weighted by Gasteiger charge is -2.47. The van der Waals surface area contributed by atoms with Crippen LogP contribution in [-0.4, -0.2) is 115 Å². The molecule has 1 saturated carbocycles. The molecule has 14 unspecified atom stereocenters. The Morgan fingerprint density at radius 1 is 0.953 bits per heavy atom. The fraction of sp³-hybridized carbons (Fsp3) is 0.725. The van der Waals surface area contributed by atoms with Crippen LogP contribution in [0.3, 0.4) is 0 Å². The van der Waals surface area contributed by atoms with E-state index in [9.17, 15) is 24.3 Å². The van der Waals surface area contributed by atoms with Gasteiger partial charge in [0.1, 0.15) is 30.2 Å². The highest BCUT2D eigenvalue weighted by Crippen LogP contribution is 2.39. The second kappa shape index (κ2) is 23.9. The number of allylic oxidation sites excluding steroid dienone is 3. The molecule has 0 radical (unpaired) electrons. The van der Waals surface area contributed by atoms with Gasteiger partial charge in [0.2, 0.25) is 5.79 Å². The van der Waals surface area contributed by atoms with Crippen molar-refractivity contribution in [3.63, 3.8) is 0 Å². The number of amides is 1. The standard InChI is InChI=1S/C51H77FN2O10/c1-9-38-27-32(3)45(52)33(4)28-43(60-7)47-44(61-8)29-35(6)51(59,64-47)48(56)49(57)54-24-14-13-19-40(54)50(58)63-46(31(2)20-23-41(38)55)34(5)26-37-21-22-39(53)42(30-37)62-25-15-18-36-16-11-10-12-17-36/h10-12,16-17,26-27,31,33,35,37-40,42-47,59H,9,13-15,18-25,28-30,53H2,1-8H3/b32-27+,34-26?. The Bertz CT molecular complexity index is 1770. The van der Waals surface area contributed by atoms with Gasteiger partial charge in [0, 0.05) is 51.7 Å². The molecular formula is C51H77FN2O10. The zero-order valence-corrected chi connectivity index (χ0v) is 39.7. The second-order valence-electron chi connectivity index (χ2n) is 19.3. The van der Waals surface area contributed by atoms with Gasteiger partial charge in [0.05, 0.1) is 18.3 Å². The summed E-state index contributed by atoms with van der Waals surface area (Å²) in [4.78, 5) is 58.2. The molecule has 1 amide bonds. The Balaban J connectivity index is 1.44. The zero-order valence-electron chi connectivity index (χ0n) is 39.7. The smallest absolute Gasteiger partial charge is 0.329 e. The molecule has 1 aliphatic carbocycles. The maximum atomic E-state index is 16.3. The Morgan fingerprint density at radius 2 is 1.66 bits per heavy atom. The highest BCUT2D eigenvalue weighted by atomic mass is 19.1. The number of hydrogen-bond acceptors (Lipinski definition) is 11. The molecule has 2 bridgehead atoms. The van der Waals surface area contributed by atoms with Crippen LogP contribution >= 0.6 is 0 Å². The van der Waals surface area contributed by atoms with Crippen LogP contribution in [0.25, 0.3) is 0 Å². The molecule has 0 aromatic heterocycles. The van der Waals surface area contributed by atoms with E-state index < -0.39 is 77.8 Å². The molecule has 1 aromatic rings. The summed E-state index contributed by atoms with van der Waals surface area (Å²) in [5, 5.41) is 12.1. The predicted molar refractivity (Wildman–Crippen MR) is 243 cm³/mol. The maximum Gasteiger partial charge on any atom is 0.329 e. The molecule has 14 atom stereocenters. The Kier molecular flexibility index (Phi) is 19.3. The highest BCUT2D eigenvalue weighted by molar-refractivity contribution is 6.39. The molecule has 0 spiro atoms. The van der Waals surface area contributed by atoms with Crippen molar-refractivity contribution in [3.8, 4) is 0 Å². The largest absolute Gasteiger partial charge is 0.456 e. The van der Waals surface area contributed by atoms with Crippen LogP contribution in [0.4, 0.5) is 4.39 Å². The molecule has 12 nitrogen and oxygen atoms in total. The number of carbonyl (C=O) groups excluding carboxylic acids is 4. The number of alkyl halides is 1.